The van der Waals surface area contributed by atoms with E-state index in [1.807, 2.05) is 0 Å². The van der Waals surface area contributed by atoms with Crippen molar-refractivity contribution in [3.05, 3.63) is 0 Å². The van der Waals surface area contributed by atoms with Crippen molar-refractivity contribution < 1.29 is 207 Å². The Balaban J connectivity index is 1.39. The van der Waals surface area contributed by atoms with Gasteiger partial charge in [0.05, 0.1) is 45.2 Å². The lowest BCUT2D eigenvalue weighted by atomic mass is 9.91. The van der Waals surface area contributed by atoms with E-state index in [-0.39, 0.29) is 0 Å². The molecule has 28 N–H and O–H groups in total. The standard InChI is InChI=1S/C49H85N2O42P/c1-10-20(60)23(63)31(71)43(81-10)89-39-19(51-11(2)56)42(82-17(8-55)22(39)62)80-9-18(84-46-40(29(69)27(67)35(86-46)14(59)6-53)90-44-32(72)24(64)21(61)16(7-54)83-44)37-28(68)30(70)41(91-45-33(73)25(65)26(66)34(85-45)13(58)5-52)47(87-37)88-38-15(93-94(77,78)79)3-49(76,48(74)75)92-36(38)12(57)4-50/h10,12-47,52-55,57-73,76H,3-9,50H2,1-2H3,(H,51,56)(H,74,75)(H2,77,78,79)/t10-,12+,13-,14-,15+,16+,17+,18+,19+,20-,21+,22+,23+,24-,25-,26-,27-,28-,29-,30-,31+,32+,33-,34+,35+,36+,37+,38+,39+,40-,41-,42+,43-,44+,45+,46-,47+,49+/m0/s1. The maximum atomic E-state index is 13.0. The molecule has 7 saturated heterocycles. The lowest BCUT2D eigenvalue weighted by molar-refractivity contribution is -0.406. The van der Waals surface area contributed by atoms with E-state index in [0.717, 1.165) is 6.92 Å². The van der Waals surface area contributed by atoms with Crippen LogP contribution in [0, 0.1) is 0 Å². The average Bonchev–Trinajstić information content (AvgIpc) is 0.767. The van der Waals surface area contributed by atoms with E-state index in [0.29, 0.717) is 0 Å². The zero-order valence-electron chi connectivity index (χ0n) is 49.5. The number of ether oxygens (including phenoxy) is 13. The summed E-state index contributed by atoms with van der Waals surface area (Å²) in [6, 6.07) is -1.92. The molecule has 7 aliphatic heterocycles. The van der Waals surface area contributed by atoms with Gasteiger partial charge in [0.2, 0.25) is 5.91 Å². The number of aliphatic carboxylic acids is 1. The third-order valence-electron chi connectivity index (χ3n) is 16.8. The van der Waals surface area contributed by atoms with Gasteiger partial charge < -0.3 is 200 Å². The number of hydrogen-bond acceptors (Lipinski definition) is 40. The van der Waals surface area contributed by atoms with Crippen LogP contribution in [-0.4, -0.2) is 411 Å². The van der Waals surface area contributed by atoms with Crippen LogP contribution in [0.4, 0.5) is 0 Å². The highest BCUT2D eigenvalue weighted by Gasteiger charge is 2.62. The van der Waals surface area contributed by atoms with E-state index in [1.54, 1.807) is 0 Å². The Kier molecular flexibility index (Phi) is 27.7. The highest BCUT2D eigenvalue weighted by Crippen LogP contribution is 2.46. The Morgan fingerprint density at radius 2 is 0.989 bits per heavy atom. The van der Waals surface area contributed by atoms with Crippen LogP contribution < -0.4 is 11.1 Å². The second-order valence-corrected chi connectivity index (χ2v) is 24.6. The number of rotatable bonds is 26. The van der Waals surface area contributed by atoms with E-state index in [9.17, 15) is 141 Å². The Morgan fingerprint density at radius 3 is 1.51 bits per heavy atom. The highest BCUT2D eigenvalue weighted by molar-refractivity contribution is 7.46. The van der Waals surface area contributed by atoms with E-state index in [2.05, 4.69) is 5.32 Å². The topological polar surface area (TPSA) is 724 Å². The number of amides is 1. The Morgan fingerprint density at radius 1 is 0.543 bits per heavy atom. The van der Waals surface area contributed by atoms with Gasteiger partial charge in [0.1, 0.15) is 177 Å². The van der Waals surface area contributed by atoms with Crippen molar-refractivity contribution in [3.63, 3.8) is 0 Å². The third-order valence-corrected chi connectivity index (χ3v) is 17.3. The van der Waals surface area contributed by atoms with Crippen LogP contribution >= 0.6 is 7.82 Å². The second kappa shape index (κ2) is 32.9. The SMILES string of the molecule is CC(=O)N[C@H]1[C@H](OC[C@@H](O[C@H]2O[C@H]([C@@H](O)CO)[C@@H](O)[C@H](O)[C@@H]2O[C@H]2O[C@H](CO)[C@@H](O)[C@H](O)[C@H]2O)[C@H]2O[C@H](O[C@H]3[C@@H]([C@H](O)CN)O[C@@](O)(C(=O)O)C[C@H]3OP(=O)(O)O)[C@@H](O[C@H]3O[C@H]([C@@H](O)CO)[C@@H](O)[C@H](O)[C@@H]3O)[C@@H](O)[C@@H]2O)O[C@H](CO)[C@@H](O)[C@@H]1O[C@@H]1O[C@@H](C)[C@H](O)[C@@H](O)[C@H]1O. The van der Waals surface area contributed by atoms with Gasteiger partial charge in [-0.15, -0.1) is 0 Å². The summed E-state index contributed by atoms with van der Waals surface area (Å²) in [5, 5.41) is 254. The number of nitrogens with two attached hydrogens (primary N) is 1. The van der Waals surface area contributed by atoms with Crippen LogP contribution in [0.25, 0.3) is 0 Å². The number of carboxylic acids is 1. The number of phosphoric ester groups is 1. The molecule has 1 amide bonds. The number of aliphatic hydroxyl groups excluding tert-OH is 21. The molecule has 7 fully saturated rings. The first kappa shape index (κ1) is 78.9. The predicted octanol–water partition coefficient (Wildman–Crippen LogP) is -17.1. The van der Waals surface area contributed by atoms with Crippen molar-refractivity contribution in [2.24, 2.45) is 5.73 Å². The summed E-state index contributed by atoms with van der Waals surface area (Å²) in [6.07, 6.45) is -83.2. The summed E-state index contributed by atoms with van der Waals surface area (Å²) in [7, 11) is -5.94. The molecule has 0 aromatic rings. The fraction of sp³-hybridized carbons (Fsp3) is 0.959. The normalized spacial score (nSPS) is 47.9. The Hall–Kier alpha value is -2.39. The van der Waals surface area contributed by atoms with Gasteiger partial charge in [-0.05, 0) is 6.92 Å². The number of aliphatic hydroxyl groups is 22. The van der Waals surface area contributed by atoms with Gasteiger partial charge in [-0.3, -0.25) is 9.32 Å². The predicted molar refractivity (Wildman–Crippen MR) is 284 cm³/mol. The molecule has 0 unspecified atom stereocenters. The molecule has 0 aromatic carbocycles. The van der Waals surface area contributed by atoms with Crippen LogP contribution in [0.15, 0.2) is 0 Å². The van der Waals surface area contributed by atoms with E-state index < -0.39 is 298 Å². The number of carbonyl (C=O) groups excluding carboxylic acids is 1. The fourth-order valence-electron chi connectivity index (χ4n) is 11.6. The molecule has 7 aliphatic rings. The van der Waals surface area contributed by atoms with Crippen LogP contribution in [-0.2, 0) is 80.3 Å². The first-order valence-electron chi connectivity index (χ1n) is 29.1. The van der Waals surface area contributed by atoms with Crippen molar-refractivity contribution >= 4 is 19.7 Å². The minimum absolute atomic E-state index is 0.916. The maximum absolute atomic E-state index is 13.0. The minimum Gasteiger partial charge on any atom is -0.477 e. The van der Waals surface area contributed by atoms with Crippen LogP contribution in [0.5, 0.6) is 0 Å². The third kappa shape index (κ3) is 17.3. The van der Waals surface area contributed by atoms with Crippen molar-refractivity contribution in [1.82, 2.24) is 5.32 Å². The summed E-state index contributed by atoms with van der Waals surface area (Å²) in [5.41, 5.74) is 5.72. The summed E-state index contributed by atoms with van der Waals surface area (Å²) >= 11 is 0. The van der Waals surface area contributed by atoms with Crippen LogP contribution in [0.3, 0.4) is 0 Å². The molecule has 94 heavy (non-hydrogen) atoms. The minimum atomic E-state index is -5.94. The van der Waals surface area contributed by atoms with Gasteiger partial charge in [0.25, 0.3) is 5.79 Å². The molecule has 0 aliphatic carbocycles. The van der Waals surface area contributed by atoms with Gasteiger partial charge in [0, 0.05) is 19.9 Å². The number of carbonyl (C=O) groups is 2. The van der Waals surface area contributed by atoms with E-state index >= 15 is 0 Å². The molecule has 0 radical (unpaired) electrons. The van der Waals surface area contributed by atoms with Gasteiger partial charge in [-0.25, -0.2) is 9.36 Å². The van der Waals surface area contributed by atoms with E-state index in [4.69, 9.17) is 71.8 Å². The Bertz CT molecular complexity index is 2450. The summed E-state index contributed by atoms with van der Waals surface area (Å²) in [5.74, 6) is -6.78. The number of hydrogen-bond donors (Lipinski definition) is 27. The molecule has 45 heteroatoms. The first-order valence-corrected chi connectivity index (χ1v) is 30.7. The molecule has 548 valence electrons. The molecule has 0 aromatic heterocycles. The second-order valence-electron chi connectivity index (χ2n) is 23.4. The molecule has 0 saturated carbocycles. The van der Waals surface area contributed by atoms with Crippen LogP contribution in [0.2, 0.25) is 0 Å². The quantitative estimate of drug-likeness (QED) is 0.0358. The molecule has 0 bridgehead atoms. The largest absolute Gasteiger partial charge is 0.477 e. The Labute approximate surface area is 529 Å². The first-order chi connectivity index (χ1) is 44.0. The maximum Gasteiger partial charge on any atom is 0.469 e. The lowest BCUT2D eigenvalue weighted by Gasteiger charge is -2.51. The lowest BCUT2D eigenvalue weighted by Crippen LogP contribution is -2.70. The van der Waals surface area contributed by atoms with Crippen LogP contribution in [0.1, 0.15) is 20.3 Å². The van der Waals surface area contributed by atoms with Crippen molar-refractivity contribution in [2.75, 3.05) is 39.6 Å². The molecule has 38 atom stereocenters. The summed E-state index contributed by atoms with van der Waals surface area (Å²) in [4.78, 5) is 45.8. The molecule has 7 heterocycles. The zero-order valence-corrected chi connectivity index (χ0v) is 50.4. The zero-order chi connectivity index (χ0) is 70.1. The number of nitrogens with one attached hydrogen (secondary N) is 1. The average molecular weight is 1410 g/mol. The van der Waals surface area contributed by atoms with Crippen molar-refractivity contribution in [3.8, 4) is 0 Å². The number of phosphoric acid groups is 1. The van der Waals surface area contributed by atoms with Crippen molar-refractivity contribution in [2.45, 2.75) is 253 Å². The van der Waals surface area contributed by atoms with Gasteiger partial charge in [0.15, 0.2) is 37.7 Å². The van der Waals surface area contributed by atoms with E-state index in [1.165, 1.54) is 6.92 Å². The molecule has 44 nitrogen and oxygen atoms in total. The molecular formula is C49H85N2O42P. The highest BCUT2D eigenvalue weighted by atomic mass is 31.2. The summed E-state index contributed by atoms with van der Waals surface area (Å²) < 4.78 is 93.4. The molecule has 7 rings (SSSR count). The monoisotopic (exact) mass is 1400 g/mol. The smallest absolute Gasteiger partial charge is 0.469 e. The summed E-state index contributed by atoms with van der Waals surface area (Å²) in [6.45, 7) is -4.92. The number of carboxylic acid groups (broad SMARTS) is 1. The van der Waals surface area contributed by atoms with Crippen molar-refractivity contribution in [1.29, 1.82) is 0 Å². The molecule has 0 spiro atoms. The van der Waals surface area contributed by atoms with Gasteiger partial charge in [-0.2, -0.15) is 0 Å². The van der Waals surface area contributed by atoms with Gasteiger partial charge in [-0.1, -0.05) is 0 Å². The van der Waals surface area contributed by atoms with Gasteiger partial charge >= 0.3 is 13.8 Å². The molecular weight excluding hydrogens is 1320 g/mol. The fourth-order valence-corrected chi connectivity index (χ4v) is 12.1.